The molecule has 0 radical (unpaired) electrons. The van der Waals surface area contributed by atoms with Gasteiger partial charge in [0.25, 0.3) is 0 Å². The van der Waals surface area contributed by atoms with Crippen molar-refractivity contribution < 1.29 is 33.4 Å². The van der Waals surface area contributed by atoms with E-state index in [0.717, 1.165) is 24.0 Å². The molecular formula is C41H70N6O7. The summed E-state index contributed by atoms with van der Waals surface area (Å²) in [7, 11) is 8.53. The number of methoxy groups -OCH3 is 2. The Hall–Kier alpha value is -3.55. The van der Waals surface area contributed by atoms with Crippen molar-refractivity contribution in [2.75, 3.05) is 48.5 Å². The van der Waals surface area contributed by atoms with Crippen molar-refractivity contribution in [3.05, 3.63) is 35.4 Å². The molecule has 0 bridgehead atoms. The molecule has 2 rings (SSSR count). The maximum atomic E-state index is 14.2. The Morgan fingerprint density at radius 3 is 2.04 bits per heavy atom. The van der Waals surface area contributed by atoms with Gasteiger partial charge in [-0.1, -0.05) is 84.7 Å². The molecule has 1 aromatic carbocycles. The summed E-state index contributed by atoms with van der Waals surface area (Å²) in [6.45, 7) is 16.3. The number of ether oxygens (including phenoxy) is 2. The smallest absolute Gasteiger partial charge is 0.245 e. The average Bonchev–Trinajstić information content (AvgIpc) is 3.61. The van der Waals surface area contributed by atoms with Crippen molar-refractivity contribution in [2.24, 2.45) is 23.7 Å². The average molecular weight is 759 g/mol. The van der Waals surface area contributed by atoms with Crippen LogP contribution in [0.5, 0.6) is 0 Å². The van der Waals surface area contributed by atoms with E-state index in [9.17, 15) is 24.0 Å². The lowest BCUT2D eigenvalue weighted by Crippen LogP contribution is -2.59. The van der Waals surface area contributed by atoms with E-state index >= 15 is 0 Å². The van der Waals surface area contributed by atoms with E-state index < -0.39 is 36.3 Å². The predicted molar refractivity (Wildman–Crippen MR) is 211 cm³/mol. The SMILES string of the molecule is CC[C@H](C)[C@@H]([C@@H](CC(=O)N1CCC[C@H]1[C@H](OC)[C@@H](C)C(=O)NCC(=O)NCc1ccc(C)cc1)OC)N(C)C(=O)[C@@H](NC(=O)[C@H](C(C)C)N(C)C)C(C)C. The van der Waals surface area contributed by atoms with Gasteiger partial charge in [-0.05, 0) is 57.2 Å². The molecule has 1 aliphatic heterocycles. The largest absolute Gasteiger partial charge is 0.379 e. The van der Waals surface area contributed by atoms with E-state index in [0.29, 0.717) is 19.5 Å². The number of aryl methyl sites for hydroxylation is 1. The third kappa shape index (κ3) is 12.8. The summed E-state index contributed by atoms with van der Waals surface area (Å²) < 4.78 is 11.9. The summed E-state index contributed by atoms with van der Waals surface area (Å²) in [5.41, 5.74) is 2.10. The Morgan fingerprint density at radius 1 is 0.889 bits per heavy atom. The number of benzene rings is 1. The molecule has 0 aromatic heterocycles. The first-order chi connectivity index (χ1) is 25.4. The van der Waals surface area contributed by atoms with Crippen LogP contribution in [0.25, 0.3) is 0 Å². The van der Waals surface area contributed by atoms with Gasteiger partial charge in [-0.2, -0.15) is 0 Å². The molecule has 13 nitrogen and oxygen atoms in total. The quantitative estimate of drug-likeness (QED) is 0.173. The minimum Gasteiger partial charge on any atom is -0.379 e. The third-order valence-electron chi connectivity index (χ3n) is 11.0. The lowest BCUT2D eigenvalue weighted by molar-refractivity contribution is -0.148. The maximum Gasteiger partial charge on any atom is 0.245 e. The fourth-order valence-corrected chi connectivity index (χ4v) is 7.71. The molecule has 0 unspecified atom stereocenters. The molecule has 3 N–H and O–H groups in total. The van der Waals surface area contributed by atoms with Gasteiger partial charge < -0.3 is 35.2 Å². The van der Waals surface area contributed by atoms with Gasteiger partial charge in [0, 0.05) is 34.4 Å². The number of hydrogen-bond donors (Lipinski definition) is 3. The number of nitrogens with one attached hydrogen (secondary N) is 3. The van der Waals surface area contributed by atoms with Gasteiger partial charge in [-0.15, -0.1) is 0 Å². The molecule has 1 heterocycles. The molecular weight excluding hydrogens is 688 g/mol. The number of likely N-dealkylation sites (tertiary alicyclic amines) is 1. The van der Waals surface area contributed by atoms with Gasteiger partial charge in [-0.25, -0.2) is 0 Å². The highest BCUT2D eigenvalue weighted by Gasteiger charge is 2.43. The molecule has 1 aliphatic rings. The number of nitrogens with zero attached hydrogens (tertiary/aromatic N) is 3. The molecule has 0 saturated carbocycles. The van der Waals surface area contributed by atoms with Crippen LogP contribution in [0.4, 0.5) is 0 Å². The zero-order valence-corrected chi connectivity index (χ0v) is 35.2. The Labute approximate surface area is 324 Å². The number of amides is 5. The summed E-state index contributed by atoms with van der Waals surface area (Å²) in [4.78, 5) is 72.8. The highest BCUT2D eigenvalue weighted by Crippen LogP contribution is 2.29. The van der Waals surface area contributed by atoms with Crippen molar-refractivity contribution in [1.82, 2.24) is 30.7 Å². The van der Waals surface area contributed by atoms with E-state index in [1.165, 1.54) is 7.11 Å². The minimum absolute atomic E-state index is 0.0204. The topological polar surface area (TPSA) is 150 Å². The molecule has 8 atom stereocenters. The van der Waals surface area contributed by atoms with Crippen molar-refractivity contribution in [1.29, 1.82) is 0 Å². The zero-order valence-electron chi connectivity index (χ0n) is 35.2. The van der Waals surface area contributed by atoms with Crippen LogP contribution in [0.15, 0.2) is 24.3 Å². The van der Waals surface area contributed by atoms with Crippen LogP contribution in [0.3, 0.4) is 0 Å². The van der Waals surface area contributed by atoms with Gasteiger partial charge in [-0.3, -0.25) is 28.9 Å². The highest BCUT2D eigenvalue weighted by atomic mass is 16.5. The standard InChI is InChI=1S/C41H70N6O7/c1-14-28(7)37(46(11)41(52)35(25(2)3)44-40(51)36(26(4)5)45(9)10)32(53-12)22-34(49)47-21-15-16-31(47)38(54-13)29(8)39(50)43-24-33(48)42-23-30-19-17-27(6)18-20-30/h17-20,25-26,28-29,31-32,35-38H,14-16,21-24H2,1-13H3,(H,42,48)(H,43,50)(H,44,51)/t28-,29+,31-,32+,35-,36-,37-,38+/m0/s1. The number of hydrogen-bond acceptors (Lipinski definition) is 8. The normalized spacial score (nSPS) is 18.4. The second-order valence-electron chi connectivity index (χ2n) is 16.0. The fourth-order valence-electron chi connectivity index (χ4n) is 7.71. The highest BCUT2D eigenvalue weighted by molar-refractivity contribution is 5.90. The molecule has 306 valence electrons. The molecule has 1 saturated heterocycles. The Bertz CT molecular complexity index is 1360. The van der Waals surface area contributed by atoms with Crippen LogP contribution in [0.2, 0.25) is 0 Å². The van der Waals surface area contributed by atoms with Crippen LogP contribution in [-0.4, -0.2) is 129 Å². The number of carbonyl (C=O) groups is 5. The maximum absolute atomic E-state index is 14.2. The Morgan fingerprint density at radius 2 is 1.52 bits per heavy atom. The summed E-state index contributed by atoms with van der Waals surface area (Å²) >= 11 is 0. The van der Waals surface area contributed by atoms with Crippen LogP contribution in [-0.2, 0) is 40.0 Å². The molecule has 13 heteroatoms. The first kappa shape index (κ1) is 46.6. The number of likely N-dealkylation sites (N-methyl/N-ethyl adjacent to an activating group) is 2. The molecule has 54 heavy (non-hydrogen) atoms. The molecule has 1 aromatic rings. The minimum atomic E-state index is -0.763. The van der Waals surface area contributed by atoms with E-state index in [-0.39, 0.29) is 66.3 Å². The molecule has 0 aliphatic carbocycles. The third-order valence-corrected chi connectivity index (χ3v) is 11.0. The first-order valence-electron chi connectivity index (χ1n) is 19.6. The summed E-state index contributed by atoms with van der Waals surface area (Å²) in [5, 5.41) is 8.60. The lowest BCUT2D eigenvalue weighted by atomic mass is 9.89. The van der Waals surface area contributed by atoms with Crippen molar-refractivity contribution in [2.45, 2.75) is 124 Å². The van der Waals surface area contributed by atoms with Gasteiger partial charge in [0.05, 0.1) is 49.2 Å². The zero-order chi connectivity index (χ0) is 40.9. The Kier molecular flexibility index (Phi) is 19.1. The summed E-state index contributed by atoms with van der Waals surface area (Å²) in [6.07, 6.45) is 0.930. The summed E-state index contributed by atoms with van der Waals surface area (Å²) in [6, 6.07) is 5.88. The van der Waals surface area contributed by atoms with Gasteiger partial charge in [0.2, 0.25) is 29.5 Å². The van der Waals surface area contributed by atoms with Crippen molar-refractivity contribution >= 4 is 29.5 Å². The second-order valence-corrected chi connectivity index (χ2v) is 16.0. The first-order valence-corrected chi connectivity index (χ1v) is 19.6. The van der Waals surface area contributed by atoms with E-state index in [2.05, 4.69) is 16.0 Å². The molecule has 5 amide bonds. The number of rotatable bonds is 21. The molecule has 1 fully saturated rings. The van der Waals surface area contributed by atoms with Crippen molar-refractivity contribution in [3.63, 3.8) is 0 Å². The van der Waals surface area contributed by atoms with E-state index in [1.807, 2.05) is 91.7 Å². The van der Waals surface area contributed by atoms with Crippen LogP contribution < -0.4 is 16.0 Å². The monoisotopic (exact) mass is 759 g/mol. The second kappa shape index (κ2) is 22.1. The van der Waals surface area contributed by atoms with E-state index in [1.54, 1.807) is 30.9 Å². The predicted octanol–water partition coefficient (Wildman–Crippen LogP) is 3.37. The van der Waals surface area contributed by atoms with Crippen LogP contribution in [0, 0.1) is 30.6 Å². The Balaban J connectivity index is 2.17. The lowest BCUT2D eigenvalue weighted by Gasteiger charge is -2.41. The van der Waals surface area contributed by atoms with Gasteiger partial charge in [0.1, 0.15) is 6.04 Å². The van der Waals surface area contributed by atoms with Crippen LogP contribution in [0.1, 0.15) is 85.3 Å². The molecule has 0 spiro atoms. The summed E-state index contributed by atoms with van der Waals surface area (Å²) in [5.74, 6) is -2.02. The number of carbonyl (C=O) groups excluding carboxylic acids is 5. The van der Waals surface area contributed by atoms with Crippen LogP contribution >= 0.6 is 0 Å². The van der Waals surface area contributed by atoms with E-state index in [4.69, 9.17) is 9.47 Å². The van der Waals surface area contributed by atoms with Gasteiger partial charge in [0.15, 0.2) is 0 Å². The van der Waals surface area contributed by atoms with Gasteiger partial charge >= 0.3 is 0 Å². The fraction of sp³-hybridized carbons (Fsp3) is 0.732. The van der Waals surface area contributed by atoms with Crippen molar-refractivity contribution in [3.8, 4) is 0 Å².